The largest absolute Gasteiger partial charge is 0.497 e. The molecule has 0 fully saturated rings. The number of methoxy groups -OCH3 is 2. The molecular formula is C20H20N2O4. The summed E-state index contributed by atoms with van der Waals surface area (Å²) < 4.78 is 10.5. The highest BCUT2D eigenvalue weighted by molar-refractivity contribution is 6.17. The molecule has 2 amide bonds. The van der Waals surface area contributed by atoms with Crippen LogP contribution in [0.1, 0.15) is 5.56 Å². The molecule has 134 valence electrons. The molecule has 1 N–H and O–H groups in total. The van der Waals surface area contributed by atoms with Crippen LogP contribution in [0, 0.1) is 0 Å². The lowest BCUT2D eigenvalue weighted by Gasteiger charge is -2.16. The summed E-state index contributed by atoms with van der Waals surface area (Å²) in [6, 6.07) is 14.9. The Labute approximate surface area is 152 Å². The van der Waals surface area contributed by atoms with E-state index in [0.717, 1.165) is 5.56 Å². The summed E-state index contributed by atoms with van der Waals surface area (Å²) in [4.78, 5) is 26.1. The molecule has 2 aromatic rings. The van der Waals surface area contributed by atoms with Crippen LogP contribution in [0.4, 0.5) is 5.69 Å². The van der Waals surface area contributed by atoms with Crippen LogP contribution in [-0.4, -0.2) is 37.5 Å². The summed E-state index contributed by atoms with van der Waals surface area (Å²) in [5.41, 5.74) is 1.85. The van der Waals surface area contributed by atoms with Gasteiger partial charge in [0.25, 0.3) is 11.8 Å². The van der Waals surface area contributed by atoms with Crippen molar-refractivity contribution in [2.45, 2.75) is 6.42 Å². The van der Waals surface area contributed by atoms with Gasteiger partial charge >= 0.3 is 0 Å². The zero-order valence-corrected chi connectivity index (χ0v) is 14.7. The molecule has 0 aromatic heterocycles. The van der Waals surface area contributed by atoms with Crippen LogP contribution in [0.2, 0.25) is 0 Å². The first-order valence-corrected chi connectivity index (χ1v) is 8.23. The molecule has 0 bridgehead atoms. The molecule has 6 nitrogen and oxygen atoms in total. The number of hydrogen-bond acceptors (Lipinski definition) is 5. The number of anilines is 1. The third-order valence-electron chi connectivity index (χ3n) is 4.15. The van der Waals surface area contributed by atoms with E-state index < -0.39 is 0 Å². The number of rotatable bonds is 7. The van der Waals surface area contributed by atoms with Crippen LogP contribution in [-0.2, 0) is 16.0 Å². The number of hydrogen-bond donors (Lipinski definition) is 1. The monoisotopic (exact) mass is 352 g/mol. The number of nitrogens with zero attached hydrogens (tertiary/aromatic N) is 1. The maximum Gasteiger partial charge on any atom is 0.277 e. The van der Waals surface area contributed by atoms with Crippen LogP contribution >= 0.6 is 0 Å². The molecule has 26 heavy (non-hydrogen) atoms. The fourth-order valence-electron chi connectivity index (χ4n) is 2.75. The number of ether oxygens (including phenoxy) is 2. The van der Waals surface area contributed by atoms with Crippen molar-refractivity contribution in [1.29, 1.82) is 0 Å². The molecule has 0 spiro atoms. The molecule has 0 unspecified atom stereocenters. The Kier molecular flexibility index (Phi) is 5.22. The summed E-state index contributed by atoms with van der Waals surface area (Å²) in [7, 11) is 3.09. The highest BCUT2D eigenvalue weighted by atomic mass is 16.5. The van der Waals surface area contributed by atoms with Gasteiger partial charge in [0.1, 0.15) is 17.2 Å². The molecule has 0 radical (unpaired) electrons. The molecule has 1 aliphatic heterocycles. The molecule has 6 heteroatoms. The summed E-state index contributed by atoms with van der Waals surface area (Å²) in [5.74, 6) is 0.493. The minimum Gasteiger partial charge on any atom is -0.497 e. The number of carbonyl (C=O) groups is 2. The minimum absolute atomic E-state index is 0.217. The van der Waals surface area contributed by atoms with E-state index in [1.165, 1.54) is 18.1 Å². The van der Waals surface area contributed by atoms with Crippen LogP contribution in [0.25, 0.3) is 0 Å². The SMILES string of the molecule is COc1ccc(OC)c(NC2=CC(=O)N(CCc3ccccc3)C2=O)c1. The Hall–Kier alpha value is -3.28. The molecular weight excluding hydrogens is 332 g/mol. The lowest BCUT2D eigenvalue weighted by molar-refractivity contribution is -0.137. The van der Waals surface area contributed by atoms with Gasteiger partial charge < -0.3 is 14.8 Å². The summed E-state index contributed by atoms with van der Waals surface area (Å²) in [6.45, 7) is 0.332. The van der Waals surface area contributed by atoms with E-state index in [1.807, 2.05) is 30.3 Å². The zero-order valence-electron chi connectivity index (χ0n) is 14.7. The molecule has 1 heterocycles. The molecule has 1 aliphatic rings. The van der Waals surface area contributed by atoms with E-state index in [4.69, 9.17) is 9.47 Å². The van der Waals surface area contributed by atoms with Gasteiger partial charge in [-0.3, -0.25) is 14.5 Å². The van der Waals surface area contributed by atoms with Crippen molar-refractivity contribution in [2.75, 3.05) is 26.1 Å². The van der Waals surface area contributed by atoms with E-state index in [-0.39, 0.29) is 17.5 Å². The molecule has 0 atom stereocenters. The maximum atomic E-state index is 12.6. The van der Waals surface area contributed by atoms with Gasteiger partial charge in [0.05, 0.1) is 19.9 Å². The highest BCUT2D eigenvalue weighted by Crippen LogP contribution is 2.31. The first-order chi connectivity index (χ1) is 12.6. The number of nitrogens with one attached hydrogen (secondary N) is 1. The van der Waals surface area contributed by atoms with Gasteiger partial charge in [0.2, 0.25) is 0 Å². The first-order valence-electron chi connectivity index (χ1n) is 8.23. The minimum atomic E-state index is -0.351. The van der Waals surface area contributed by atoms with Gasteiger partial charge in [-0.15, -0.1) is 0 Å². The van der Waals surface area contributed by atoms with Crippen molar-refractivity contribution >= 4 is 17.5 Å². The Balaban J connectivity index is 1.71. The van der Waals surface area contributed by atoms with Crippen molar-refractivity contribution in [1.82, 2.24) is 4.90 Å². The Morgan fingerprint density at radius 1 is 1.00 bits per heavy atom. The standard InChI is InChI=1S/C20H20N2O4/c1-25-15-8-9-18(26-2)16(12-15)21-17-13-19(23)22(20(17)24)11-10-14-6-4-3-5-7-14/h3-9,12-13,21H,10-11H2,1-2H3. The molecule has 0 aliphatic carbocycles. The van der Waals surface area contributed by atoms with Crippen molar-refractivity contribution < 1.29 is 19.1 Å². The lowest BCUT2D eigenvalue weighted by atomic mass is 10.1. The van der Waals surface area contributed by atoms with Crippen LogP contribution in [0.15, 0.2) is 60.3 Å². The highest BCUT2D eigenvalue weighted by Gasteiger charge is 2.31. The Morgan fingerprint density at radius 2 is 1.77 bits per heavy atom. The van der Waals surface area contributed by atoms with E-state index in [1.54, 1.807) is 25.3 Å². The second-order valence-electron chi connectivity index (χ2n) is 5.78. The van der Waals surface area contributed by atoms with Gasteiger partial charge in [0.15, 0.2) is 0 Å². The van der Waals surface area contributed by atoms with Crippen molar-refractivity contribution in [2.24, 2.45) is 0 Å². The van der Waals surface area contributed by atoms with Crippen LogP contribution in [0.5, 0.6) is 11.5 Å². The van der Waals surface area contributed by atoms with E-state index in [9.17, 15) is 9.59 Å². The number of imide groups is 1. The predicted octanol–water partition coefficient (Wildman–Crippen LogP) is 2.61. The molecule has 0 saturated heterocycles. The van der Waals surface area contributed by atoms with Gasteiger partial charge in [-0.1, -0.05) is 30.3 Å². The number of carbonyl (C=O) groups excluding carboxylic acids is 2. The van der Waals surface area contributed by atoms with Crippen molar-refractivity contribution in [3.05, 3.63) is 65.9 Å². The fraction of sp³-hybridized carbons (Fsp3) is 0.200. The van der Waals surface area contributed by atoms with E-state index >= 15 is 0 Å². The predicted molar refractivity (Wildman–Crippen MR) is 98.1 cm³/mol. The smallest absolute Gasteiger partial charge is 0.277 e. The third-order valence-corrected chi connectivity index (χ3v) is 4.15. The second-order valence-corrected chi connectivity index (χ2v) is 5.78. The quantitative estimate of drug-likeness (QED) is 0.776. The van der Waals surface area contributed by atoms with Gasteiger partial charge in [-0.25, -0.2) is 0 Å². The summed E-state index contributed by atoms with van der Waals surface area (Å²) >= 11 is 0. The van der Waals surface area contributed by atoms with Gasteiger partial charge in [-0.2, -0.15) is 0 Å². The van der Waals surface area contributed by atoms with E-state index in [0.29, 0.717) is 30.2 Å². The lowest BCUT2D eigenvalue weighted by Crippen LogP contribution is -2.33. The summed E-state index contributed by atoms with van der Waals surface area (Å²) in [6.07, 6.45) is 1.92. The first kappa shape index (κ1) is 17.5. The molecule has 3 rings (SSSR count). The summed E-state index contributed by atoms with van der Waals surface area (Å²) in [5, 5.41) is 2.99. The van der Waals surface area contributed by atoms with Crippen molar-refractivity contribution in [3.63, 3.8) is 0 Å². The molecule has 2 aromatic carbocycles. The Morgan fingerprint density at radius 3 is 2.46 bits per heavy atom. The zero-order chi connectivity index (χ0) is 18.5. The van der Waals surface area contributed by atoms with Crippen LogP contribution in [0.3, 0.4) is 0 Å². The fourth-order valence-corrected chi connectivity index (χ4v) is 2.75. The second kappa shape index (κ2) is 7.74. The van der Waals surface area contributed by atoms with E-state index in [2.05, 4.69) is 5.32 Å². The third kappa shape index (κ3) is 3.69. The van der Waals surface area contributed by atoms with Crippen LogP contribution < -0.4 is 14.8 Å². The van der Waals surface area contributed by atoms with Gasteiger partial charge in [-0.05, 0) is 24.1 Å². The van der Waals surface area contributed by atoms with Crippen molar-refractivity contribution in [3.8, 4) is 11.5 Å². The molecule has 0 saturated carbocycles. The van der Waals surface area contributed by atoms with Gasteiger partial charge in [0, 0.05) is 18.7 Å². The maximum absolute atomic E-state index is 12.6. The number of benzene rings is 2. The average molecular weight is 352 g/mol. The topological polar surface area (TPSA) is 67.9 Å². The number of amides is 2. The normalized spacial score (nSPS) is 13.6. The Bertz CT molecular complexity index is 846. The average Bonchev–Trinajstić information content (AvgIpc) is 2.93.